The number of amides is 1. The SMILES string of the molecule is CC(C)[C@](C)(C#N)NC(=O)CN(Cc1ccc(Cl)c(Cl)c1)Cc1ccccn1. The first kappa shape index (κ1) is 22.2. The summed E-state index contributed by atoms with van der Waals surface area (Å²) in [5, 5.41) is 13.3. The largest absolute Gasteiger partial charge is 0.337 e. The Balaban J connectivity index is 2.16. The summed E-state index contributed by atoms with van der Waals surface area (Å²) >= 11 is 12.1. The average molecular weight is 419 g/mol. The van der Waals surface area contributed by atoms with Gasteiger partial charge < -0.3 is 5.32 Å². The fourth-order valence-corrected chi connectivity index (χ4v) is 2.94. The van der Waals surface area contributed by atoms with Gasteiger partial charge in [-0.05, 0) is 42.7 Å². The Bertz CT molecular complexity index is 851. The number of benzene rings is 1. The van der Waals surface area contributed by atoms with E-state index in [1.807, 2.05) is 43.0 Å². The molecule has 1 heterocycles. The molecule has 0 radical (unpaired) electrons. The third kappa shape index (κ3) is 6.20. The lowest BCUT2D eigenvalue weighted by Crippen LogP contribution is -2.51. The Morgan fingerprint density at radius 2 is 2.00 bits per heavy atom. The van der Waals surface area contributed by atoms with Crippen LogP contribution in [0.3, 0.4) is 0 Å². The maximum Gasteiger partial charge on any atom is 0.235 e. The van der Waals surface area contributed by atoms with Gasteiger partial charge in [0.1, 0.15) is 5.54 Å². The van der Waals surface area contributed by atoms with E-state index < -0.39 is 5.54 Å². The van der Waals surface area contributed by atoms with Gasteiger partial charge in [-0.3, -0.25) is 14.7 Å². The number of carbonyl (C=O) groups is 1. The highest BCUT2D eigenvalue weighted by Gasteiger charge is 2.30. The molecule has 0 aliphatic rings. The van der Waals surface area contributed by atoms with Crippen molar-refractivity contribution in [1.82, 2.24) is 15.2 Å². The van der Waals surface area contributed by atoms with E-state index in [1.54, 1.807) is 25.3 Å². The topological polar surface area (TPSA) is 69.0 Å². The molecule has 0 spiro atoms. The molecule has 2 aromatic rings. The molecule has 1 aromatic heterocycles. The van der Waals surface area contributed by atoms with E-state index in [1.165, 1.54) is 0 Å². The minimum Gasteiger partial charge on any atom is -0.337 e. The molecule has 5 nitrogen and oxygen atoms in total. The Labute approximate surface area is 176 Å². The standard InChI is InChI=1S/C21H24Cl2N4O/c1-15(2)21(3,14-24)26-20(28)13-27(12-17-6-4-5-9-25-17)11-16-7-8-18(22)19(23)10-16/h4-10,15H,11-13H2,1-3H3,(H,26,28)/t21-/m0/s1. The molecule has 0 saturated heterocycles. The highest BCUT2D eigenvalue weighted by atomic mass is 35.5. The van der Waals surface area contributed by atoms with Crippen LogP contribution in [0.2, 0.25) is 10.0 Å². The minimum atomic E-state index is -0.919. The molecule has 1 N–H and O–H groups in total. The number of nitrogens with one attached hydrogen (secondary N) is 1. The lowest BCUT2D eigenvalue weighted by Gasteiger charge is -2.29. The van der Waals surface area contributed by atoms with Crippen molar-refractivity contribution in [3.8, 4) is 6.07 Å². The van der Waals surface area contributed by atoms with Crippen LogP contribution in [0.4, 0.5) is 0 Å². The molecule has 0 saturated carbocycles. The molecule has 0 bridgehead atoms. The first-order valence-electron chi connectivity index (χ1n) is 9.02. The van der Waals surface area contributed by atoms with E-state index in [4.69, 9.17) is 23.2 Å². The molecule has 0 fully saturated rings. The van der Waals surface area contributed by atoms with Gasteiger partial charge in [-0.1, -0.05) is 49.2 Å². The van der Waals surface area contributed by atoms with Crippen molar-refractivity contribution in [2.45, 2.75) is 39.4 Å². The van der Waals surface area contributed by atoms with E-state index >= 15 is 0 Å². The second kappa shape index (κ2) is 9.88. The molecule has 28 heavy (non-hydrogen) atoms. The summed E-state index contributed by atoms with van der Waals surface area (Å²) in [7, 11) is 0. The molecule has 148 valence electrons. The summed E-state index contributed by atoms with van der Waals surface area (Å²) in [4.78, 5) is 19.0. The molecular formula is C21H24Cl2N4O. The molecule has 1 amide bonds. The fraction of sp³-hybridized carbons (Fsp3) is 0.381. The maximum atomic E-state index is 12.7. The third-order valence-corrected chi connectivity index (χ3v) is 5.39. The number of pyridine rings is 1. The van der Waals surface area contributed by atoms with Crippen molar-refractivity contribution in [2.24, 2.45) is 5.92 Å². The number of carbonyl (C=O) groups excluding carboxylic acids is 1. The van der Waals surface area contributed by atoms with Gasteiger partial charge in [-0.15, -0.1) is 0 Å². The molecule has 0 unspecified atom stereocenters. The van der Waals surface area contributed by atoms with Gasteiger partial charge in [0.15, 0.2) is 0 Å². The van der Waals surface area contributed by atoms with E-state index in [-0.39, 0.29) is 18.4 Å². The second-order valence-electron chi connectivity index (χ2n) is 7.23. The zero-order chi connectivity index (χ0) is 20.7. The van der Waals surface area contributed by atoms with Crippen LogP contribution in [0.25, 0.3) is 0 Å². The number of rotatable bonds is 8. The normalized spacial score (nSPS) is 13.2. The van der Waals surface area contributed by atoms with Crippen LogP contribution in [-0.4, -0.2) is 27.9 Å². The Kier molecular flexibility index (Phi) is 7.82. The predicted octanol–water partition coefficient (Wildman–Crippen LogP) is 4.45. The van der Waals surface area contributed by atoms with Gasteiger partial charge in [0.05, 0.1) is 28.4 Å². The zero-order valence-electron chi connectivity index (χ0n) is 16.2. The van der Waals surface area contributed by atoms with Crippen molar-refractivity contribution in [3.63, 3.8) is 0 Å². The van der Waals surface area contributed by atoms with Crippen LogP contribution in [0.1, 0.15) is 32.0 Å². The number of hydrogen-bond acceptors (Lipinski definition) is 4. The summed E-state index contributed by atoms with van der Waals surface area (Å²) in [6.07, 6.45) is 1.72. The quantitative estimate of drug-likeness (QED) is 0.687. The van der Waals surface area contributed by atoms with Crippen molar-refractivity contribution in [3.05, 3.63) is 63.9 Å². The summed E-state index contributed by atoms with van der Waals surface area (Å²) < 4.78 is 0. The van der Waals surface area contributed by atoms with Crippen molar-refractivity contribution in [2.75, 3.05) is 6.54 Å². The minimum absolute atomic E-state index is 0.0132. The van der Waals surface area contributed by atoms with Gasteiger partial charge >= 0.3 is 0 Å². The predicted molar refractivity (Wildman–Crippen MR) is 112 cm³/mol. The summed E-state index contributed by atoms with van der Waals surface area (Å²) in [6, 6.07) is 13.3. The molecule has 0 aliphatic heterocycles. The van der Waals surface area contributed by atoms with Crippen LogP contribution in [0, 0.1) is 17.2 Å². The Morgan fingerprint density at radius 1 is 1.25 bits per heavy atom. The number of aromatic nitrogens is 1. The highest BCUT2D eigenvalue weighted by Crippen LogP contribution is 2.23. The number of nitriles is 1. The van der Waals surface area contributed by atoms with Crippen LogP contribution in [0.5, 0.6) is 0 Å². The van der Waals surface area contributed by atoms with Gasteiger partial charge in [0.2, 0.25) is 5.91 Å². The number of halogens is 2. The second-order valence-corrected chi connectivity index (χ2v) is 8.05. The van der Waals surface area contributed by atoms with Crippen LogP contribution >= 0.6 is 23.2 Å². The van der Waals surface area contributed by atoms with Crippen molar-refractivity contribution in [1.29, 1.82) is 5.26 Å². The smallest absolute Gasteiger partial charge is 0.235 e. The Hall–Kier alpha value is -2.13. The van der Waals surface area contributed by atoms with Crippen LogP contribution < -0.4 is 5.32 Å². The van der Waals surface area contributed by atoms with E-state index in [0.717, 1.165) is 11.3 Å². The van der Waals surface area contributed by atoms with Crippen LogP contribution in [0.15, 0.2) is 42.6 Å². The van der Waals surface area contributed by atoms with Crippen molar-refractivity contribution >= 4 is 29.1 Å². The summed E-state index contributed by atoms with van der Waals surface area (Å²) in [5.74, 6) is -0.227. The molecule has 7 heteroatoms. The monoisotopic (exact) mass is 418 g/mol. The van der Waals surface area contributed by atoms with E-state index in [0.29, 0.717) is 23.1 Å². The number of nitrogens with zero attached hydrogens (tertiary/aromatic N) is 3. The number of hydrogen-bond donors (Lipinski definition) is 1. The van der Waals surface area contributed by atoms with Gasteiger partial charge in [0, 0.05) is 19.3 Å². The molecule has 0 aliphatic carbocycles. The highest BCUT2D eigenvalue weighted by molar-refractivity contribution is 6.42. The molecule has 1 aromatic carbocycles. The van der Waals surface area contributed by atoms with E-state index in [2.05, 4.69) is 16.4 Å². The van der Waals surface area contributed by atoms with Crippen LogP contribution in [-0.2, 0) is 17.9 Å². The summed E-state index contributed by atoms with van der Waals surface area (Å²) in [5.41, 5.74) is 0.865. The zero-order valence-corrected chi connectivity index (χ0v) is 17.8. The van der Waals surface area contributed by atoms with Gasteiger partial charge in [-0.2, -0.15) is 5.26 Å². The first-order chi connectivity index (χ1) is 13.2. The third-order valence-electron chi connectivity index (χ3n) is 4.66. The lowest BCUT2D eigenvalue weighted by molar-refractivity contribution is -0.124. The Morgan fingerprint density at radius 3 is 2.57 bits per heavy atom. The van der Waals surface area contributed by atoms with Gasteiger partial charge in [-0.25, -0.2) is 0 Å². The van der Waals surface area contributed by atoms with Gasteiger partial charge in [0.25, 0.3) is 0 Å². The lowest BCUT2D eigenvalue weighted by atomic mass is 9.90. The van der Waals surface area contributed by atoms with Crippen molar-refractivity contribution < 1.29 is 4.79 Å². The summed E-state index contributed by atoms with van der Waals surface area (Å²) in [6.45, 7) is 6.65. The van der Waals surface area contributed by atoms with E-state index in [9.17, 15) is 10.1 Å². The molecule has 2 rings (SSSR count). The maximum absolute atomic E-state index is 12.7. The molecule has 1 atom stereocenters. The fourth-order valence-electron chi connectivity index (χ4n) is 2.62. The average Bonchev–Trinajstić information content (AvgIpc) is 2.65. The molecular weight excluding hydrogens is 395 g/mol. The first-order valence-corrected chi connectivity index (χ1v) is 9.77.